The number of benzene rings is 3. The minimum atomic E-state index is -3.93. The molecule has 4 rings (SSSR count). The van der Waals surface area contributed by atoms with Crippen molar-refractivity contribution in [3.8, 4) is 11.6 Å². The average molecular weight is 468 g/mol. The van der Waals surface area contributed by atoms with Crippen LogP contribution in [0.1, 0.15) is 23.0 Å². The van der Waals surface area contributed by atoms with E-state index in [1.807, 2.05) is 6.92 Å². The third kappa shape index (κ3) is 4.15. The van der Waals surface area contributed by atoms with Crippen LogP contribution < -0.4 is 9.46 Å². The van der Waals surface area contributed by atoms with Crippen molar-refractivity contribution in [2.45, 2.75) is 18.7 Å². The number of aryl methyl sites for hydroxylation is 1. The van der Waals surface area contributed by atoms with E-state index in [9.17, 15) is 13.2 Å². The summed E-state index contributed by atoms with van der Waals surface area (Å²) in [5, 5.41) is 1.38. The first-order valence-electron chi connectivity index (χ1n) is 9.57. The van der Waals surface area contributed by atoms with Crippen molar-refractivity contribution < 1.29 is 17.9 Å². The van der Waals surface area contributed by atoms with Crippen molar-refractivity contribution in [1.29, 1.82) is 0 Å². The van der Waals surface area contributed by atoms with Crippen molar-refractivity contribution in [1.82, 2.24) is 9.97 Å². The quantitative estimate of drug-likeness (QED) is 0.382. The lowest BCUT2D eigenvalue weighted by atomic mass is 10.0. The molecule has 0 atom stereocenters. The molecular weight excluding hydrogens is 450 g/mol. The van der Waals surface area contributed by atoms with Crippen LogP contribution in [0.15, 0.2) is 71.9 Å². The molecule has 1 N–H and O–H groups in total. The molecule has 9 heteroatoms. The molecule has 0 saturated carbocycles. The third-order valence-electron chi connectivity index (χ3n) is 4.78. The highest BCUT2D eigenvalue weighted by atomic mass is 35.5. The van der Waals surface area contributed by atoms with Crippen LogP contribution in [-0.2, 0) is 10.0 Å². The highest BCUT2D eigenvalue weighted by molar-refractivity contribution is 7.92. The standard InChI is InChI=1S/C23H18ClN3O4S/c1-14-10-11-16-17(22(14)31-23-21(15(2)28)25-12-13-26-23)6-5-8-19(16)27-32(29,30)20-9-4-3-7-18(20)24/h3-13,27H,1-2H3. The Morgan fingerprint density at radius 1 is 0.969 bits per heavy atom. The molecule has 0 spiro atoms. The van der Waals surface area contributed by atoms with Gasteiger partial charge >= 0.3 is 0 Å². The molecular formula is C23H18ClN3O4S. The number of halogens is 1. The van der Waals surface area contributed by atoms with Gasteiger partial charge in [-0.3, -0.25) is 9.52 Å². The minimum Gasteiger partial charge on any atom is -0.436 e. The predicted octanol–water partition coefficient (Wildman–Crippen LogP) is 5.39. The number of Topliss-reactive ketones (excluding diaryl/α,β-unsaturated/α-hetero) is 1. The number of fused-ring (bicyclic) bond motifs is 1. The lowest BCUT2D eigenvalue weighted by molar-refractivity contribution is 0.101. The van der Waals surface area contributed by atoms with Crippen molar-refractivity contribution in [2.75, 3.05) is 4.72 Å². The number of sulfonamides is 1. The molecule has 0 amide bonds. The Labute approximate surface area is 190 Å². The van der Waals surface area contributed by atoms with Gasteiger partial charge in [-0.25, -0.2) is 18.4 Å². The molecule has 0 aliphatic carbocycles. The number of hydrogen-bond acceptors (Lipinski definition) is 6. The molecule has 0 unspecified atom stereocenters. The molecule has 0 bridgehead atoms. The Kier molecular flexibility index (Phi) is 5.82. The van der Waals surface area contributed by atoms with Gasteiger partial charge < -0.3 is 4.74 Å². The number of hydrogen-bond donors (Lipinski definition) is 1. The van der Waals surface area contributed by atoms with Crippen LogP contribution in [0.2, 0.25) is 5.02 Å². The van der Waals surface area contributed by atoms with E-state index in [0.717, 1.165) is 5.56 Å². The smallest absolute Gasteiger partial charge is 0.263 e. The fraction of sp³-hybridized carbons (Fsp3) is 0.0870. The summed E-state index contributed by atoms with van der Waals surface area (Å²) in [5.74, 6) is 0.251. The lowest BCUT2D eigenvalue weighted by Crippen LogP contribution is -2.13. The van der Waals surface area contributed by atoms with Crippen molar-refractivity contribution >= 4 is 43.9 Å². The number of ketones is 1. The zero-order valence-corrected chi connectivity index (χ0v) is 18.7. The second-order valence-corrected chi connectivity index (χ2v) is 9.07. The number of ether oxygens (including phenoxy) is 1. The van der Waals surface area contributed by atoms with Crippen LogP contribution in [0.25, 0.3) is 10.8 Å². The third-order valence-corrected chi connectivity index (χ3v) is 6.64. The Morgan fingerprint density at radius 3 is 2.47 bits per heavy atom. The summed E-state index contributed by atoms with van der Waals surface area (Å²) in [7, 11) is -3.93. The van der Waals surface area contributed by atoms with E-state index in [-0.39, 0.29) is 27.3 Å². The van der Waals surface area contributed by atoms with E-state index in [2.05, 4.69) is 14.7 Å². The molecule has 0 saturated heterocycles. The van der Waals surface area contributed by atoms with Crippen molar-refractivity contribution in [3.05, 3.63) is 83.3 Å². The van der Waals surface area contributed by atoms with E-state index in [1.165, 1.54) is 31.5 Å². The summed E-state index contributed by atoms with van der Waals surface area (Å²) in [6, 6.07) is 15.0. The topological polar surface area (TPSA) is 98.2 Å². The summed E-state index contributed by atoms with van der Waals surface area (Å²) in [5.41, 5.74) is 1.25. The van der Waals surface area contributed by atoms with Crippen molar-refractivity contribution in [2.24, 2.45) is 0 Å². The first kappa shape index (κ1) is 21.7. The number of nitrogens with zero attached hydrogens (tertiary/aromatic N) is 2. The van der Waals surface area contributed by atoms with Gasteiger partial charge in [-0.1, -0.05) is 48.0 Å². The van der Waals surface area contributed by atoms with E-state index in [4.69, 9.17) is 16.3 Å². The molecule has 0 fully saturated rings. The number of anilines is 1. The Bertz CT molecular complexity index is 1460. The highest BCUT2D eigenvalue weighted by Gasteiger charge is 2.20. The zero-order chi connectivity index (χ0) is 22.9. The Morgan fingerprint density at radius 2 is 1.72 bits per heavy atom. The lowest BCUT2D eigenvalue weighted by Gasteiger charge is -2.16. The van der Waals surface area contributed by atoms with Gasteiger partial charge in [-0.05, 0) is 30.7 Å². The molecule has 0 aliphatic heterocycles. The van der Waals surface area contributed by atoms with E-state index < -0.39 is 10.0 Å². The molecule has 4 aromatic rings. The van der Waals surface area contributed by atoms with Gasteiger partial charge in [0.25, 0.3) is 10.0 Å². The molecule has 162 valence electrons. The number of nitrogens with one attached hydrogen (secondary N) is 1. The van der Waals surface area contributed by atoms with E-state index in [0.29, 0.717) is 22.2 Å². The fourth-order valence-electron chi connectivity index (χ4n) is 3.26. The summed E-state index contributed by atoms with van der Waals surface area (Å²) in [6.45, 7) is 3.23. The summed E-state index contributed by atoms with van der Waals surface area (Å²) in [4.78, 5) is 20.1. The van der Waals surface area contributed by atoms with Crippen LogP contribution in [0.3, 0.4) is 0 Å². The number of carbonyl (C=O) groups is 1. The van der Waals surface area contributed by atoms with Crippen LogP contribution >= 0.6 is 11.6 Å². The molecule has 0 aliphatic rings. The summed E-state index contributed by atoms with van der Waals surface area (Å²) < 4.78 is 34.5. The van der Waals surface area contributed by atoms with Gasteiger partial charge in [0.1, 0.15) is 10.6 Å². The minimum absolute atomic E-state index is 0.0204. The fourth-order valence-corrected chi connectivity index (χ4v) is 4.86. The van der Waals surface area contributed by atoms with Gasteiger partial charge in [0.15, 0.2) is 11.5 Å². The number of rotatable bonds is 6. The second-order valence-electron chi connectivity index (χ2n) is 7.02. The van der Waals surface area contributed by atoms with Crippen molar-refractivity contribution in [3.63, 3.8) is 0 Å². The maximum absolute atomic E-state index is 12.9. The molecule has 0 radical (unpaired) electrons. The summed E-state index contributed by atoms with van der Waals surface area (Å²) >= 11 is 6.09. The van der Waals surface area contributed by atoms with E-state index in [1.54, 1.807) is 42.5 Å². The van der Waals surface area contributed by atoms with E-state index >= 15 is 0 Å². The molecule has 3 aromatic carbocycles. The van der Waals surface area contributed by atoms with Gasteiger partial charge in [-0.2, -0.15) is 0 Å². The highest BCUT2D eigenvalue weighted by Crippen LogP contribution is 2.37. The van der Waals surface area contributed by atoms with Crippen LogP contribution in [0.5, 0.6) is 11.6 Å². The van der Waals surface area contributed by atoms with Gasteiger partial charge in [0.05, 0.1) is 10.7 Å². The number of aromatic nitrogens is 2. The van der Waals surface area contributed by atoms with Crippen LogP contribution in [0, 0.1) is 6.92 Å². The zero-order valence-electron chi connectivity index (χ0n) is 17.2. The van der Waals surface area contributed by atoms with Gasteiger partial charge in [0.2, 0.25) is 5.88 Å². The molecule has 1 heterocycles. The Balaban J connectivity index is 1.81. The predicted molar refractivity (Wildman–Crippen MR) is 123 cm³/mol. The maximum atomic E-state index is 12.9. The average Bonchev–Trinajstić information content (AvgIpc) is 2.76. The molecule has 7 nitrogen and oxygen atoms in total. The molecule has 32 heavy (non-hydrogen) atoms. The van der Waals surface area contributed by atoms with Crippen LogP contribution in [-0.4, -0.2) is 24.2 Å². The second kappa shape index (κ2) is 8.57. The van der Waals surface area contributed by atoms with Crippen LogP contribution in [0.4, 0.5) is 5.69 Å². The number of carbonyl (C=O) groups excluding carboxylic acids is 1. The molecule has 1 aromatic heterocycles. The Hall–Kier alpha value is -3.49. The summed E-state index contributed by atoms with van der Waals surface area (Å²) in [6.07, 6.45) is 2.85. The maximum Gasteiger partial charge on any atom is 0.263 e. The first-order chi connectivity index (χ1) is 15.3. The first-order valence-corrected chi connectivity index (χ1v) is 11.4. The largest absolute Gasteiger partial charge is 0.436 e. The van der Waals surface area contributed by atoms with Gasteiger partial charge in [-0.15, -0.1) is 0 Å². The normalized spacial score (nSPS) is 11.3. The van der Waals surface area contributed by atoms with Gasteiger partial charge in [0, 0.05) is 30.1 Å². The SMILES string of the molecule is CC(=O)c1nccnc1Oc1c(C)ccc2c(NS(=O)(=O)c3ccccc3Cl)cccc12. The monoisotopic (exact) mass is 467 g/mol.